The number of halogens is 1. The maximum absolute atomic E-state index is 12.2. The summed E-state index contributed by atoms with van der Waals surface area (Å²) >= 11 is 3.37. The second-order valence-corrected chi connectivity index (χ2v) is 6.09. The van der Waals surface area contributed by atoms with Crippen LogP contribution in [0.3, 0.4) is 0 Å². The highest BCUT2D eigenvalue weighted by Crippen LogP contribution is 2.18. The van der Waals surface area contributed by atoms with E-state index < -0.39 is 0 Å². The molecule has 1 atom stereocenters. The van der Waals surface area contributed by atoms with E-state index in [4.69, 9.17) is 5.11 Å². The fourth-order valence-electron chi connectivity index (χ4n) is 2.25. The number of anilines is 1. The van der Waals surface area contributed by atoms with Crippen LogP contribution in [0.4, 0.5) is 5.69 Å². The third kappa shape index (κ3) is 5.79. The first-order chi connectivity index (χ1) is 10.1. The average Bonchev–Trinajstić information content (AvgIpc) is 2.48. The lowest BCUT2D eigenvalue weighted by Gasteiger charge is -2.17. The number of unbranched alkanes of at least 4 members (excludes halogenated alkanes) is 1. The van der Waals surface area contributed by atoms with Crippen LogP contribution in [-0.2, 0) is 6.54 Å². The summed E-state index contributed by atoms with van der Waals surface area (Å²) in [5.74, 6) is 0.412. The summed E-state index contributed by atoms with van der Waals surface area (Å²) in [5, 5.41) is 16.6. The molecule has 0 aliphatic rings. The molecule has 6 heteroatoms. The molecule has 0 bridgehead atoms. The minimum Gasteiger partial charge on any atom is -0.396 e. The summed E-state index contributed by atoms with van der Waals surface area (Å²) in [6, 6.07) is 0. The van der Waals surface area contributed by atoms with Gasteiger partial charge in [0.15, 0.2) is 0 Å². The Morgan fingerprint density at radius 3 is 2.76 bits per heavy atom. The number of nitrogens with one attached hydrogen (secondary N) is 1. The van der Waals surface area contributed by atoms with Gasteiger partial charge in [-0.05, 0) is 41.1 Å². The second-order valence-electron chi connectivity index (χ2n) is 5.30. The SMILES string of the molecule is CCCCn1ncc(NCC(CCC)CCO)c(Br)c1=O. The Kier molecular flexibility index (Phi) is 8.61. The fraction of sp³-hybridized carbons (Fsp3) is 0.733. The number of aromatic nitrogens is 2. The van der Waals surface area contributed by atoms with Crippen LogP contribution in [0.1, 0.15) is 46.0 Å². The second kappa shape index (κ2) is 9.95. The van der Waals surface area contributed by atoms with Crippen molar-refractivity contribution in [2.45, 2.75) is 52.5 Å². The van der Waals surface area contributed by atoms with Crippen molar-refractivity contribution in [1.29, 1.82) is 0 Å². The first-order valence-corrected chi connectivity index (χ1v) is 8.53. The Morgan fingerprint density at radius 2 is 2.14 bits per heavy atom. The van der Waals surface area contributed by atoms with Gasteiger partial charge in [-0.2, -0.15) is 5.10 Å². The smallest absolute Gasteiger partial charge is 0.283 e. The highest BCUT2D eigenvalue weighted by Gasteiger charge is 2.11. The molecule has 0 aliphatic heterocycles. The van der Waals surface area contributed by atoms with Crippen LogP contribution >= 0.6 is 15.9 Å². The lowest BCUT2D eigenvalue weighted by molar-refractivity contribution is 0.255. The highest BCUT2D eigenvalue weighted by molar-refractivity contribution is 9.10. The van der Waals surface area contributed by atoms with Gasteiger partial charge in [0.25, 0.3) is 5.56 Å². The van der Waals surface area contributed by atoms with Gasteiger partial charge in [0.05, 0.1) is 11.9 Å². The number of rotatable bonds is 10. The summed E-state index contributed by atoms with van der Waals surface area (Å²) in [6.45, 7) is 5.82. The molecular formula is C15H26BrN3O2. The standard InChI is InChI=1S/C15H26BrN3O2/c1-3-5-8-19-15(21)14(16)13(11-18-19)17-10-12(6-4-2)7-9-20/h11-12,17,20H,3-10H2,1-2H3. The number of hydrogen-bond acceptors (Lipinski definition) is 4. The summed E-state index contributed by atoms with van der Waals surface area (Å²) in [5.41, 5.74) is 0.634. The molecule has 1 unspecified atom stereocenters. The molecule has 1 aromatic rings. The molecule has 0 amide bonds. The van der Waals surface area contributed by atoms with Crippen molar-refractivity contribution in [3.05, 3.63) is 21.0 Å². The van der Waals surface area contributed by atoms with E-state index in [2.05, 4.69) is 40.2 Å². The minimum absolute atomic E-state index is 0.0948. The largest absolute Gasteiger partial charge is 0.396 e. The Bertz CT molecular complexity index is 470. The summed E-state index contributed by atoms with van der Waals surface area (Å²) in [6.07, 6.45) is 6.60. The van der Waals surface area contributed by atoms with E-state index in [1.54, 1.807) is 6.20 Å². The van der Waals surface area contributed by atoms with E-state index in [9.17, 15) is 4.79 Å². The van der Waals surface area contributed by atoms with E-state index in [0.29, 0.717) is 16.9 Å². The Morgan fingerprint density at radius 1 is 1.38 bits per heavy atom. The van der Waals surface area contributed by atoms with Crippen LogP contribution in [0.15, 0.2) is 15.5 Å². The Labute approximate surface area is 134 Å². The number of aliphatic hydroxyl groups excluding tert-OH is 1. The van der Waals surface area contributed by atoms with Gasteiger partial charge in [-0.1, -0.05) is 26.7 Å². The van der Waals surface area contributed by atoms with E-state index in [0.717, 1.165) is 44.3 Å². The monoisotopic (exact) mass is 359 g/mol. The van der Waals surface area contributed by atoms with Crippen molar-refractivity contribution in [3.8, 4) is 0 Å². The lowest BCUT2D eigenvalue weighted by atomic mass is 10.0. The highest BCUT2D eigenvalue weighted by atomic mass is 79.9. The molecule has 1 heterocycles. The van der Waals surface area contributed by atoms with Gasteiger partial charge in [0.2, 0.25) is 0 Å². The van der Waals surface area contributed by atoms with Crippen molar-refractivity contribution < 1.29 is 5.11 Å². The maximum Gasteiger partial charge on any atom is 0.283 e. The predicted octanol–water partition coefficient (Wildman–Crippen LogP) is 3.02. The average molecular weight is 360 g/mol. The number of aryl methyl sites for hydroxylation is 1. The van der Waals surface area contributed by atoms with Crippen LogP contribution in [0.25, 0.3) is 0 Å². The van der Waals surface area contributed by atoms with Gasteiger partial charge in [-0.25, -0.2) is 4.68 Å². The Balaban J connectivity index is 2.71. The van der Waals surface area contributed by atoms with Crippen LogP contribution in [0, 0.1) is 5.92 Å². The third-order valence-corrected chi connectivity index (χ3v) is 4.29. The van der Waals surface area contributed by atoms with E-state index in [1.807, 2.05) is 0 Å². The maximum atomic E-state index is 12.2. The number of hydrogen-bond donors (Lipinski definition) is 2. The molecule has 0 aliphatic carbocycles. The first kappa shape index (κ1) is 18.2. The van der Waals surface area contributed by atoms with Crippen molar-refractivity contribution in [1.82, 2.24) is 9.78 Å². The molecule has 1 rings (SSSR count). The summed E-state index contributed by atoms with van der Waals surface area (Å²) in [7, 11) is 0. The van der Waals surface area contributed by atoms with Gasteiger partial charge in [-0.15, -0.1) is 0 Å². The fourth-order valence-corrected chi connectivity index (χ4v) is 2.70. The van der Waals surface area contributed by atoms with E-state index in [1.165, 1.54) is 4.68 Å². The quantitative estimate of drug-likeness (QED) is 0.673. The van der Waals surface area contributed by atoms with Crippen LogP contribution in [-0.4, -0.2) is 28.0 Å². The number of aliphatic hydroxyl groups is 1. The molecule has 120 valence electrons. The van der Waals surface area contributed by atoms with Crippen molar-refractivity contribution >= 4 is 21.6 Å². The molecule has 0 aromatic carbocycles. The molecule has 0 radical (unpaired) electrons. The third-order valence-electron chi connectivity index (χ3n) is 3.52. The molecule has 1 aromatic heterocycles. The molecule has 2 N–H and O–H groups in total. The van der Waals surface area contributed by atoms with Crippen LogP contribution < -0.4 is 10.9 Å². The van der Waals surface area contributed by atoms with E-state index in [-0.39, 0.29) is 12.2 Å². The molecule has 21 heavy (non-hydrogen) atoms. The lowest BCUT2D eigenvalue weighted by Crippen LogP contribution is -2.25. The van der Waals surface area contributed by atoms with Crippen molar-refractivity contribution in [2.24, 2.45) is 5.92 Å². The van der Waals surface area contributed by atoms with Crippen LogP contribution in [0.2, 0.25) is 0 Å². The van der Waals surface area contributed by atoms with Gasteiger partial charge in [0, 0.05) is 19.7 Å². The zero-order valence-corrected chi connectivity index (χ0v) is 14.5. The normalized spacial score (nSPS) is 12.4. The molecule has 5 nitrogen and oxygen atoms in total. The predicted molar refractivity (Wildman–Crippen MR) is 89.7 cm³/mol. The first-order valence-electron chi connectivity index (χ1n) is 7.74. The zero-order chi connectivity index (χ0) is 15.7. The molecule has 0 saturated carbocycles. The molecule has 0 spiro atoms. The minimum atomic E-state index is -0.0948. The Hall–Kier alpha value is -0.880. The van der Waals surface area contributed by atoms with E-state index >= 15 is 0 Å². The summed E-state index contributed by atoms with van der Waals surface area (Å²) < 4.78 is 2.03. The number of nitrogens with zero attached hydrogens (tertiary/aromatic N) is 2. The summed E-state index contributed by atoms with van der Waals surface area (Å²) in [4.78, 5) is 12.2. The van der Waals surface area contributed by atoms with Gasteiger partial charge in [-0.3, -0.25) is 4.79 Å². The van der Waals surface area contributed by atoms with Gasteiger partial charge >= 0.3 is 0 Å². The topological polar surface area (TPSA) is 67.2 Å². The van der Waals surface area contributed by atoms with Crippen molar-refractivity contribution in [2.75, 3.05) is 18.5 Å². The van der Waals surface area contributed by atoms with Crippen LogP contribution in [0.5, 0.6) is 0 Å². The zero-order valence-electron chi connectivity index (χ0n) is 12.9. The molecule has 0 saturated heterocycles. The van der Waals surface area contributed by atoms with Gasteiger partial charge in [0.1, 0.15) is 4.47 Å². The molecular weight excluding hydrogens is 334 g/mol. The molecule has 0 fully saturated rings. The van der Waals surface area contributed by atoms with Crippen molar-refractivity contribution in [3.63, 3.8) is 0 Å². The van der Waals surface area contributed by atoms with Gasteiger partial charge < -0.3 is 10.4 Å².